The summed E-state index contributed by atoms with van der Waals surface area (Å²) in [4.78, 5) is 27.6. The maximum absolute atomic E-state index is 12.6. The summed E-state index contributed by atoms with van der Waals surface area (Å²) >= 11 is 7.27. The van der Waals surface area contributed by atoms with Crippen LogP contribution in [0.5, 0.6) is 11.5 Å². The van der Waals surface area contributed by atoms with Crippen LogP contribution in [0, 0.1) is 11.8 Å². The second kappa shape index (κ2) is 15.0. The van der Waals surface area contributed by atoms with Crippen LogP contribution in [0.4, 0.5) is 0 Å². The van der Waals surface area contributed by atoms with Gasteiger partial charge in [-0.25, -0.2) is 0 Å². The lowest BCUT2D eigenvalue weighted by Crippen LogP contribution is -2.30. The highest BCUT2D eigenvalue weighted by atomic mass is 32.2. The first kappa shape index (κ1) is 27.4. The molecule has 0 radical (unpaired) electrons. The van der Waals surface area contributed by atoms with E-state index >= 15 is 0 Å². The highest BCUT2D eigenvalue weighted by Crippen LogP contribution is 2.32. The molecule has 0 saturated heterocycles. The fraction of sp³-hybridized carbons (Fsp3) is 0.462. The maximum atomic E-state index is 12.6. The Morgan fingerprint density at radius 3 is 1.32 bits per heavy atom. The molecule has 0 spiro atoms. The number of rotatable bonds is 12. The van der Waals surface area contributed by atoms with E-state index < -0.39 is 0 Å². The Morgan fingerprint density at radius 1 is 0.647 bits per heavy atom. The molecule has 1 saturated carbocycles. The summed E-state index contributed by atoms with van der Waals surface area (Å²) in [5.41, 5.74) is 0. The molecule has 1 aliphatic carbocycles. The van der Waals surface area contributed by atoms with Crippen LogP contribution >= 0.6 is 47.0 Å². The molecule has 8 heteroatoms. The van der Waals surface area contributed by atoms with Gasteiger partial charge in [-0.2, -0.15) is 23.5 Å². The van der Waals surface area contributed by atoms with Crippen molar-refractivity contribution >= 4 is 59.0 Å². The van der Waals surface area contributed by atoms with E-state index in [0.29, 0.717) is 37.2 Å². The summed E-state index contributed by atoms with van der Waals surface area (Å²) in [6, 6.07) is 15.4. The first-order valence-corrected chi connectivity index (χ1v) is 16.2. The largest absolute Gasteiger partial charge is 0.426 e. The number of carbonyl (C=O) groups excluding carboxylic acids is 2. The molecular weight excluding hydrogens is 505 g/mol. The van der Waals surface area contributed by atoms with Gasteiger partial charge in [0, 0.05) is 32.8 Å². The second-order valence-electron chi connectivity index (χ2n) is 8.02. The predicted molar refractivity (Wildman–Crippen MR) is 148 cm³/mol. The molecule has 0 atom stereocenters. The highest BCUT2D eigenvalue weighted by Gasteiger charge is 2.32. The SMILES string of the molecule is CSCCSc1ccc(OC(=O)[C@H]2CC[C@H](C(=O)Oc3ccc(SCCSC)cc3)CC2)cc1. The fourth-order valence-electron chi connectivity index (χ4n) is 3.66. The van der Waals surface area contributed by atoms with E-state index in [1.807, 2.05) is 72.1 Å². The van der Waals surface area contributed by atoms with Crippen molar-refractivity contribution in [3.63, 3.8) is 0 Å². The smallest absolute Gasteiger partial charge is 0.314 e. The van der Waals surface area contributed by atoms with E-state index in [4.69, 9.17) is 9.47 Å². The molecule has 1 aliphatic rings. The van der Waals surface area contributed by atoms with Gasteiger partial charge in [0.05, 0.1) is 11.8 Å². The van der Waals surface area contributed by atoms with E-state index in [-0.39, 0.29) is 23.8 Å². The molecule has 0 bridgehead atoms. The van der Waals surface area contributed by atoms with Crippen LogP contribution in [0.15, 0.2) is 58.3 Å². The molecule has 0 N–H and O–H groups in total. The summed E-state index contributed by atoms with van der Waals surface area (Å²) in [5.74, 6) is 4.77. The van der Waals surface area contributed by atoms with Crippen molar-refractivity contribution in [3.8, 4) is 11.5 Å². The van der Waals surface area contributed by atoms with Gasteiger partial charge in [0.25, 0.3) is 0 Å². The molecule has 4 nitrogen and oxygen atoms in total. The van der Waals surface area contributed by atoms with Gasteiger partial charge in [-0.15, -0.1) is 23.5 Å². The van der Waals surface area contributed by atoms with Crippen LogP contribution in [0.3, 0.4) is 0 Å². The second-order valence-corrected chi connectivity index (χ2v) is 12.3. The average molecular weight is 537 g/mol. The van der Waals surface area contributed by atoms with Crippen LogP contribution in [0.2, 0.25) is 0 Å². The molecule has 0 heterocycles. The maximum Gasteiger partial charge on any atom is 0.314 e. The number of esters is 2. The van der Waals surface area contributed by atoms with Crippen LogP contribution in [0.1, 0.15) is 25.7 Å². The third kappa shape index (κ3) is 9.10. The summed E-state index contributed by atoms with van der Waals surface area (Å²) in [7, 11) is 0. The normalized spacial score (nSPS) is 17.8. The number of carbonyl (C=O) groups is 2. The first-order valence-electron chi connectivity index (χ1n) is 11.5. The molecule has 1 fully saturated rings. The number of hydrogen-bond donors (Lipinski definition) is 0. The fourth-order valence-corrected chi connectivity index (χ4v) is 6.79. The van der Waals surface area contributed by atoms with Crippen molar-refractivity contribution in [1.29, 1.82) is 0 Å². The molecule has 0 unspecified atom stereocenters. The standard InChI is InChI=1S/C26H32O4S4/c1-31-15-17-33-23-11-7-21(8-12-23)29-25(27)19-3-5-20(6-4-19)26(28)30-22-9-13-24(14-10-22)34-18-16-32-2/h7-14,19-20H,3-6,15-18H2,1-2H3/t19-,20-. The summed E-state index contributed by atoms with van der Waals surface area (Å²) < 4.78 is 11.2. The van der Waals surface area contributed by atoms with Gasteiger partial charge in [-0.1, -0.05) is 0 Å². The molecular formula is C26H32O4S4. The summed E-state index contributed by atoms with van der Waals surface area (Å²) in [5, 5.41) is 0. The summed E-state index contributed by atoms with van der Waals surface area (Å²) in [6.45, 7) is 0. The molecule has 184 valence electrons. The van der Waals surface area contributed by atoms with Crippen molar-refractivity contribution in [1.82, 2.24) is 0 Å². The Hall–Kier alpha value is -1.22. The van der Waals surface area contributed by atoms with Gasteiger partial charge in [0.1, 0.15) is 11.5 Å². The molecule has 2 aromatic rings. The lowest BCUT2D eigenvalue weighted by atomic mass is 9.82. The van der Waals surface area contributed by atoms with Gasteiger partial charge >= 0.3 is 11.9 Å². The van der Waals surface area contributed by atoms with Crippen LogP contribution < -0.4 is 9.47 Å². The molecule has 34 heavy (non-hydrogen) atoms. The van der Waals surface area contributed by atoms with E-state index in [2.05, 4.69) is 12.5 Å². The topological polar surface area (TPSA) is 52.6 Å². The van der Waals surface area contributed by atoms with E-state index in [9.17, 15) is 9.59 Å². The third-order valence-electron chi connectivity index (χ3n) is 5.59. The zero-order chi connectivity index (χ0) is 24.2. The molecule has 3 rings (SSSR count). The van der Waals surface area contributed by atoms with Crippen LogP contribution in [0.25, 0.3) is 0 Å². The van der Waals surface area contributed by atoms with Crippen molar-refractivity contribution in [2.45, 2.75) is 35.5 Å². The highest BCUT2D eigenvalue weighted by molar-refractivity contribution is 8.03. The van der Waals surface area contributed by atoms with Gasteiger partial charge < -0.3 is 9.47 Å². The molecule has 0 amide bonds. The molecule has 0 aromatic heterocycles. The minimum Gasteiger partial charge on any atom is -0.426 e. The number of hydrogen-bond acceptors (Lipinski definition) is 8. The lowest BCUT2D eigenvalue weighted by molar-refractivity contribution is -0.145. The minimum atomic E-state index is -0.204. The number of benzene rings is 2. The molecule has 0 aliphatic heterocycles. The zero-order valence-electron chi connectivity index (χ0n) is 19.7. The van der Waals surface area contributed by atoms with Gasteiger partial charge in [-0.05, 0) is 86.7 Å². The van der Waals surface area contributed by atoms with Gasteiger partial charge in [0.15, 0.2) is 0 Å². The number of thioether (sulfide) groups is 4. The zero-order valence-corrected chi connectivity index (χ0v) is 23.0. The quantitative estimate of drug-likeness (QED) is 0.125. The van der Waals surface area contributed by atoms with Crippen LogP contribution in [-0.4, -0.2) is 47.5 Å². The number of ether oxygens (including phenoxy) is 2. The Kier molecular flexibility index (Phi) is 12.1. The minimum absolute atomic E-state index is 0.169. The third-order valence-corrected chi connectivity index (χ3v) is 9.36. The lowest BCUT2D eigenvalue weighted by Gasteiger charge is -2.25. The Morgan fingerprint density at radius 2 is 1.00 bits per heavy atom. The van der Waals surface area contributed by atoms with Gasteiger partial charge in [-0.3, -0.25) is 9.59 Å². The van der Waals surface area contributed by atoms with Crippen molar-refractivity contribution in [2.75, 3.05) is 35.5 Å². The van der Waals surface area contributed by atoms with Crippen LogP contribution in [-0.2, 0) is 9.59 Å². The van der Waals surface area contributed by atoms with E-state index in [1.54, 1.807) is 23.5 Å². The monoisotopic (exact) mass is 536 g/mol. The molecule has 2 aromatic carbocycles. The Labute approximate surface area is 220 Å². The van der Waals surface area contributed by atoms with Crippen molar-refractivity contribution in [3.05, 3.63) is 48.5 Å². The first-order chi connectivity index (χ1) is 16.6. The van der Waals surface area contributed by atoms with E-state index in [0.717, 1.165) is 23.0 Å². The average Bonchev–Trinajstić information content (AvgIpc) is 2.86. The van der Waals surface area contributed by atoms with Crippen molar-refractivity contribution < 1.29 is 19.1 Å². The van der Waals surface area contributed by atoms with E-state index in [1.165, 1.54) is 9.79 Å². The Bertz CT molecular complexity index is 819. The van der Waals surface area contributed by atoms with Gasteiger partial charge in [0.2, 0.25) is 0 Å². The Balaban J connectivity index is 1.40. The predicted octanol–water partition coefficient (Wildman–Crippen LogP) is 6.91. The van der Waals surface area contributed by atoms with Crippen molar-refractivity contribution in [2.24, 2.45) is 11.8 Å². The summed E-state index contributed by atoms with van der Waals surface area (Å²) in [6.07, 6.45) is 6.79.